The molecule has 2 N–H and O–H groups in total. The van der Waals surface area contributed by atoms with E-state index in [-0.39, 0.29) is 24.2 Å². The number of anilines is 2. The quantitative estimate of drug-likeness (QED) is 0.593. The van der Waals surface area contributed by atoms with Gasteiger partial charge in [0, 0.05) is 22.9 Å². The van der Waals surface area contributed by atoms with Crippen molar-refractivity contribution in [3.05, 3.63) is 57.6 Å². The highest BCUT2D eigenvalue weighted by Gasteiger charge is 2.29. The number of benzene rings is 2. The van der Waals surface area contributed by atoms with Crippen LogP contribution in [0.2, 0.25) is 10.0 Å². The van der Waals surface area contributed by atoms with E-state index in [1.807, 2.05) is 12.1 Å². The molecule has 0 aromatic heterocycles. The third-order valence-corrected chi connectivity index (χ3v) is 5.31. The van der Waals surface area contributed by atoms with Gasteiger partial charge in [-0.1, -0.05) is 23.2 Å². The fourth-order valence-electron chi connectivity index (χ4n) is 3.43. The SMILES string of the molecule is COC(=O)CC1CCCN(C(=O)c2ccc(N)cc2Cl)c2ccc(Cl)cc21. The molecule has 1 amide bonds. The lowest BCUT2D eigenvalue weighted by atomic mass is 9.91. The summed E-state index contributed by atoms with van der Waals surface area (Å²) in [5.74, 6) is -0.555. The number of rotatable bonds is 3. The van der Waals surface area contributed by atoms with Crippen LogP contribution in [0.15, 0.2) is 36.4 Å². The van der Waals surface area contributed by atoms with Crippen molar-refractivity contribution in [3.8, 4) is 0 Å². The number of halogens is 2. The summed E-state index contributed by atoms with van der Waals surface area (Å²) in [6.45, 7) is 0.520. The highest BCUT2D eigenvalue weighted by Crippen LogP contribution is 2.39. The molecule has 5 nitrogen and oxygen atoms in total. The number of fused-ring (bicyclic) bond motifs is 1. The molecule has 0 aliphatic carbocycles. The minimum absolute atomic E-state index is 0.0640. The van der Waals surface area contributed by atoms with E-state index < -0.39 is 0 Å². The molecule has 142 valence electrons. The molecule has 1 heterocycles. The molecular weight excluding hydrogens is 387 g/mol. The second-order valence-corrected chi connectivity index (χ2v) is 7.36. The average Bonchev–Trinajstić information content (AvgIpc) is 2.80. The molecular formula is C20H20Cl2N2O3. The van der Waals surface area contributed by atoms with Gasteiger partial charge in [0.2, 0.25) is 0 Å². The zero-order valence-electron chi connectivity index (χ0n) is 14.9. The third-order valence-electron chi connectivity index (χ3n) is 4.76. The molecule has 2 aromatic rings. The van der Waals surface area contributed by atoms with Gasteiger partial charge in [0.15, 0.2) is 0 Å². The minimum Gasteiger partial charge on any atom is -0.469 e. The van der Waals surface area contributed by atoms with Crippen molar-refractivity contribution in [1.29, 1.82) is 0 Å². The average molecular weight is 407 g/mol. The highest BCUT2D eigenvalue weighted by atomic mass is 35.5. The van der Waals surface area contributed by atoms with Gasteiger partial charge in [-0.25, -0.2) is 0 Å². The molecule has 3 rings (SSSR count). The van der Waals surface area contributed by atoms with Gasteiger partial charge >= 0.3 is 5.97 Å². The van der Waals surface area contributed by atoms with E-state index in [4.69, 9.17) is 33.7 Å². The van der Waals surface area contributed by atoms with Gasteiger partial charge in [-0.05, 0) is 60.7 Å². The lowest BCUT2D eigenvalue weighted by Gasteiger charge is -2.25. The Labute approximate surface area is 168 Å². The molecule has 1 aliphatic rings. The van der Waals surface area contributed by atoms with Crippen LogP contribution in [-0.2, 0) is 9.53 Å². The van der Waals surface area contributed by atoms with Gasteiger partial charge in [0.05, 0.1) is 24.1 Å². The van der Waals surface area contributed by atoms with Crippen molar-refractivity contribution in [2.45, 2.75) is 25.2 Å². The summed E-state index contributed by atoms with van der Waals surface area (Å²) in [6.07, 6.45) is 1.74. The van der Waals surface area contributed by atoms with Gasteiger partial charge in [0.25, 0.3) is 5.91 Å². The number of nitrogen functional groups attached to an aromatic ring is 1. The molecule has 0 saturated carbocycles. The first kappa shape index (κ1) is 19.5. The number of carbonyl (C=O) groups is 2. The van der Waals surface area contributed by atoms with E-state index in [0.29, 0.717) is 27.8 Å². The first-order chi connectivity index (χ1) is 12.9. The maximum atomic E-state index is 13.2. The number of ether oxygens (including phenoxy) is 1. The van der Waals surface area contributed by atoms with Crippen LogP contribution in [0.4, 0.5) is 11.4 Å². The van der Waals surface area contributed by atoms with E-state index in [0.717, 1.165) is 24.1 Å². The molecule has 27 heavy (non-hydrogen) atoms. The summed E-state index contributed by atoms with van der Waals surface area (Å²) in [5, 5.41) is 0.870. The second kappa shape index (κ2) is 8.19. The van der Waals surface area contributed by atoms with Crippen molar-refractivity contribution < 1.29 is 14.3 Å². The number of methoxy groups -OCH3 is 1. The molecule has 1 aliphatic heterocycles. The van der Waals surface area contributed by atoms with Crippen LogP contribution in [0.5, 0.6) is 0 Å². The van der Waals surface area contributed by atoms with Crippen molar-refractivity contribution in [2.75, 3.05) is 24.3 Å². The number of hydrogen-bond acceptors (Lipinski definition) is 4. The molecule has 7 heteroatoms. The molecule has 1 unspecified atom stereocenters. The largest absolute Gasteiger partial charge is 0.469 e. The topological polar surface area (TPSA) is 72.6 Å². The van der Waals surface area contributed by atoms with Crippen molar-refractivity contribution >= 4 is 46.5 Å². The van der Waals surface area contributed by atoms with Crippen molar-refractivity contribution in [1.82, 2.24) is 0 Å². The molecule has 0 bridgehead atoms. The van der Waals surface area contributed by atoms with E-state index >= 15 is 0 Å². The van der Waals surface area contributed by atoms with Gasteiger partial charge in [-0.3, -0.25) is 9.59 Å². The monoisotopic (exact) mass is 406 g/mol. The van der Waals surface area contributed by atoms with Crippen LogP contribution >= 0.6 is 23.2 Å². The Balaban J connectivity index is 2.02. The van der Waals surface area contributed by atoms with Crippen LogP contribution < -0.4 is 10.6 Å². The van der Waals surface area contributed by atoms with Crippen LogP contribution in [0.25, 0.3) is 0 Å². The minimum atomic E-state index is -0.285. The van der Waals surface area contributed by atoms with E-state index in [2.05, 4.69) is 0 Å². The summed E-state index contributed by atoms with van der Waals surface area (Å²) in [4.78, 5) is 26.7. The molecule has 1 atom stereocenters. The summed E-state index contributed by atoms with van der Waals surface area (Å²) in [7, 11) is 1.37. The molecule has 0 fully saturated rings. The normalized spacial score (nSPS) is 16.4. The van der Waals surface area contributed by atoms with Crippen molar-refractivity contribution in [2.24, 2.45) is 0 Å². The van der Waals surface area contributed by atoms with Crippen LogP contribution in [0, 0.1) is 0 Å². The molecule has 0 saturated heterocycles. The Morgan fingerprint density at radius 3 is 2.70 bits per heavy atom. The standard InChI is InChI=1S/C20H20Cl2N2O3/c1-27-19(25)9-12-3-2-8-24(18-7-4-13(21)10-16(12)18)20(26)15-6-5-14(23)11-17(15)22/h4-7,10-12H,2-3,8-9,23H2,1H3. The number of hydrogen-bond donors (Lipinski definition) is 1. The predicted octanol–water partition coefficient (Wildman–Crippen LogP) is 4.66. The Morgan fingerprint density at radius 1 is 1.22 bits per heavy atom. The predicted molar refractivity (Wildman–Crippen MR) is 108 cm³/mol. The number of esters is 1. The summed E-state index contributed by atoms with van der Waals surface area (Å²) >= 11 is 12.4. The summed E-state index contributed by atoms with van der Waals surface area (Å²) in [6, 6.07) is 10.2. The lowest BCUT2D eigenvalue weighted by Crippen LogP contribution is -2.32. The number of carbonyl (C=O) groups excluding carboxylic acids is 2. The molecule has 0 radical (unpaired) electrons. The Kier molecular flexibility index (Phi) is 5.92. The fourth-order valence-corrected chi connectivity index (χ4v) is 3.88. The zero-order chi connectivity index (χ0) is 19.6. The fraction of sp³-hybridized carbons (Fsp3) is 0.300. The van der Waals surface area contributed by atoms with Gasteiger partial charge in [-0.15, -0.1) is 0 Å². The van der Waals surface area contributed by atoms with E-state index in [9.17, 15) is 9.59 Å². The van der Waals surface area contributed by atoms with Gasteiger partial charge in [0.1, 0.15) is 0 Å². The summed E-state index contributed by atoms with van der Waals surface area (Å²) < 4.78 is 4.83. The highest BCUT2D eigenvalue weighted by molar-refractivity contribution is 6.35. The Hall–Kier alpha value is -2.24. The van der Waals surface area contributed by atoms with E-state index in [1.54, 1.807) is 29.2 Å². The molecule has 0 spiro atoms. The van der Waals surface area contributed by atoms with E-state index in [1.165, 1.54) is 7.11 Å². The lowest BCUT2D eigenvalue weighted by molar-refractivity contribution is -0.141. The zero-order valence-corrected chi connectivity index (χ0v) is 16.4. The first-order valence-electron chi connectivity index (χ1n) is 8.64. The third kappa shape index (κ3) is 4.20. The van der Waals surface area contributed by atoms with Crippen molar-refractivity contribution in [3.63, 3.8) is 0 Å². The Bertz CT molecular complexity index is 886. The van der Waals surface area contributed by atoms with Gasteiger partial charge < -0.3 is 15.4 Å². The first-order valence-corrected chi connectivity index (χ1v) is 9.39. The maximum Gasteiger partial charge on any atom is 0.306 e. The number of nitrogens with two attached hydrogens (primary N) is 1. The maximum absolute atomic E-state index is 13.2. The number of amides is 1. The molecule has 2 aromatic carbocycles. The van der Waals surface area contributed by atoms with Crippen LogP contribution in [0.1, 0.15) is 41.1 Å². The second-order valence-electron chi connectivity index (χ2n) is 6.52. The Morgan fingerprint density at radius 2 is 2.00 bits per heavy atom. The van der Waals surface area contributed by atoms with Crippen LogP contribution in [0.3, 0.4) is 0 Å². The van der Waals surface area contributed by atoms with Crippen LogP contribution in [-0.4, -0.2) is 25.5 Å². The number of nitrogens with zero attached hydrogens (tertiary/aromatic N) is 1. The summed E-state index contributed by atoms with van der Waals surface area (Å²) in [5.41, 5.74) is 8.22. The smallest absolute Gasteiger partial charge is 0.306 e. The van der Waals surface area contributed by atoms with Gasteiger partial charge in [-0.2, -0.15) is 0 Å².